The van der Waals surface area contributed by atoms with Gasteiger partial charge in [0.25, 0.3) is 0 Å². The van der Waals surface area contributed by atoms with Crippen molar-refractivity contribution in [2.24, 2.45) is 5.41 Å². The predicted molar refractivity (Wildman–Crippen MR) is 83.0 cm³/mol. The maximum Gasteiger partial charge on any atom is 0.220 e. The Labute approximate surface area is 127 Å². The van der Waals surface area contributed by atoms with E-state index in [1.807, 2.05) is 12.1 Å². The van der Waals surface area contributed by atoms with Gasteiger partial charge >= 0.3 is 0 Å². The van der Waals surface area contributed by atoms with Gasteiger partial charge in [-0.15, -0.1) is 0 Å². The van der Waals surface area contributed by atoms with Gasteiger partial charge in [0, 0.05) is 25.2 Å². The van der Waals surface area contributed by atoms with Crippen LogP contribution in [-0.2, 0) is 11.3 Å². The quantitative estimate of drug-likeness (QED) is 0.903. The number of amides is 1. The fourth-order valence-corrected chi connectivity index (χ4v) is 2.55. The van der Waals surface area contributed by atoms with Crippen molar-refractivity contribution < 1.29 is 9.53 Å². The molecule has 1 amide bonds. The first-order valence-corrected chi connectivity index (χ1v) is 7.81. The van der Waals surface area contributed by atoms with Gasteiger partial charge in [-0.3, -0.25) is 4.79 Å². The standard InChI is InChI=1S/C17H26N2O2/c1-17(2,3)11-15(20)19-12-13-8-9-18-16(10-13)21-14-6-4-5-7-14/h8-10,14H,4-7,11-12H2,1-3H3,(H,19,20). The molecule has 1 heterocycles. The number of rotatable bonds is 5. The normalized spacial score (nSPS) is 16.0. The van der Waals surface area contributed by atoms with Crippen molar-refractivity contribution in [1.82, 2.24) is 10.3 Å². The van der Waals surface area contributed by atoms with Gasteiger partial charge < -0.3 is 10.1 Å². The molecule has 0 aliphatic heterocycles. The average molecular weight is 290 g/mol. The molecule has 0 unspecified atom stereocenters. The van der Waals surface area contributed by atoms with E-state index in [2.05, 4.69) is 31.1 Å². The smallest absolute Gasteiger partial charge is 0.220 e. The SMILES string of the molecule is CC(C)(C)CC(=O)NCc1ccnc(OC2CCCC2)c1. The molecule has 1 fully saturated rings. The van der Waals surface area contributed by atoms with Gasteiger partial charge in [0.05, 0.1) is 0 Å². The van der Waals surface area contributed by atoms with Crippen LogP contribution in [0.4, 0.5) is 0 Å². The average Bonchev–Trinajstić information content (AvgIpc) is 2.88. The zero-order valence-electron chi connectivity index (χ0n) is 13.3. The summed E-state index contributed by atoms with van der Waals surface area (Å²) in [6, 6.07) is 3.84. The third-order valence-electron chi connectivity index (χ3n) is 3.57. The summed E-state index contributed by atoms with van der Waals surface area (Å²) in [4.78, 5) is 16.1. The maximum atomic E-state index is 11.8. The molecule has 0 saturated heterocycles. The number of nitrogens with one attached hydrogen (secondary N) is 1. The summed E-state index contributed by atoms with van der Waals surface area (Å²) in [7, 11) is 0. The van der Waals surface area contributed by atoms with E-state index in [9.17, 15) is 4.79 Å². The first-order valence-electron chi connectivity index (χ1n) is 7.81. The van der Waals surface area contributed by atoms with Crippen molar-refractivity contribution in [2.45, 2.75) is 65.5 Å². The summed E-state index contributed by atoms with van der Waals surface area (Å²) >= 11 is 0. The van der Waals surface area contributed by atoms with E-state index in [1.165, 1.54) is 12.8 Å². The molecule has 0 bridgehead atoms. The number of pyridine rings is 1. The van der Waals surface area contributed by atoms with E-state index in [0.717, 1.165) is 18.4 Å². The van der Waals surface area contributed by atoms with E-state index < -0.39 is 0 Å². The van der Waals surface area contributed by atoms with Gasteiger partial charge in [-0.25, -0.2) is 4.98 Å². The minimum Gasteiger partial charge on any atom is -0.474 e. The molecule has 4 heteroatoms. The molecule has 1 aliphatic carbocycles. The lowest BCUT2D eigenvalue weighted by atomic mass is 9.92. The maximum absolute atomic E-state index is 11.8. The molecule has 1 aliphatic rings. The monoisotopic (exact) mass is 290 g/mol. The first kappa shape index (κ1) is 15.8. The number of hydrogen-bond acceptors (Lipinski definition) is 3. The fraction of sp³-hybridized carbons (Fsp3) is 0.647. The third kappa shape index (κ3) is 5.74. The van der Waals surface area contributed by atoms with Crippen molar-refractivity contribution in [3.63, 3.8) is 0 Å². The van der Waals surface area contributed by atoms with Crippen molar-refractivity contribution in [3.05, 3.63) is 23.9 Å². The van der Waals surface area contributed by atoms with Crippen molar-refractivity contribution in [1.29, 1.82) is 0 Å². The molecule has 1 aromatic heterocycles. The van der Waals surface area contributed by atoms with E-state index in [4.69, 9.17) is 4.74 Å². The number of ether oxygens (including phenoxy) is 1. The molecule has 0 aromatic carbocycles. The summed E-state index contributed by atoms with van der Waals surface area (Å²) in [6.07, 6.45) is 7.31. The lowest BCUT2D eigenvalue weighted by Gasteiger charge is -2.17. The zero-order chi connectivity index (χ0) is 15.3. The summed E-state index contributed by atoms with van der Waals surface area (Å²) in [5.74, 6) is 0.752. The molecule has 0 atom stereocenters. The van der Waals surface area contributed by atoms with Gasteiger partial charge in [-0.1, -0.05) is 20.8 Å². The molecule has 0 spiro atoms. The van der Waals surface area contributed by atoms with Crippen LogP contribution in [0.3, 0.4) is 0 Å². The lowest BCUT2D eigenvalue weighted by Crippen LogP contribution is -2.27. The minimum atomic E-state index is 0.0130. The van der Waals surface area contributed by atoms with E-state index in [-0.39, 0.29) is 11.3 Å². The van der Waals surface area contributed by atoms with Gasteiger partial charge in [0.15, 0.2) is 0 Å². The van der Waals surface area contributed by atoms with Crippen molar-refractivity contribution >= 4 is 5.91 Å². The van der Waals surface area contributed by atoms with Gasteiger partial charge in [-0.2, -0.15) is 0 Å². The second-order valence-corrected chi connectivity index (χ2v) is 7.04. The highest BCUT2D eigenvalue weighted by molar-refractivity contribution is 5.76. The van der Waals surface area contributed by atoms with Crippen LogP contribution in [0.15, 0.2) is 18.3 Å². The molecule has 1 aromatic rings. The van der Waals surface area contributed by atoms with Crippen LogP contribution in [-0.4, -0.2) is 17.0 Å². The summed E-state index contributed by atoms with van der Waals surface area (Å²) in [6.45, 7) is 6.71. The molecule has 21 heavy (non-hydrogen) atoms. The predicted octanol–water partition coefficient (Wildman–Crippen LogP) is 3.46. The second-order valence-electron chi connectivity index (χ2n) is 7.04. The van der Waals surface area contributed by atoms with E-state index in [1.54, 1.807) is 6.20 Å². The largest absolute Gasteiger partial charge is 0.474 e. The number of carbonyl (C=O) groups is 1. The van der Waals surface area contributed by atoms with Gasteiger partial charge in [0.2, 0.25) is 11.8 Å². The topological polar surface area (TPSA) is 51.2 Å². The molecule has 1 N–H and O–H groups in total. The van der Waals surface area contributed by atoms with Crippen LogP contribution in [0.1, 0.15) is 58.4 Å². The Bertz CT molecular complexity index is 474. The zero-order valence-corrected chi connectivity index (χ0v) is 13.3. The van der Waals surface area contributed by atoms with Crippen LogP contribution < -0.4 is 10.1 Å². The number of hydrogen-bond donors (Lipinski definition) is 1. The highest BCUT2D eigenvalue weighted by Crippen LogP contribution is 2.23. The van der Waals surface area contributed by atoms with Gasteiger partial charge in [-0.05, 0) is 42.7 Å². The van der Waals surface area contributed by atoms with Crippen molar-refractivity contribution in [2.75, 3.05) is 0 Å². The Morgan fingerprint density at radius 1 is 1.38 bits per heavy atom. The Hall–Kier alpha value is -1.58. The first-order chi connectivity index (χ1) is 9.92. The minimum absolute atomic E-state index is 0.0130. The number of aromatic nitrogens is 1. The summed E-state index contributed by atoms with van der Waals surface area (Å²) in [5, 5.41) is 2.95. The van der Waals surface area contributed by atoms with Crippen LogP contribution in [0.5, 0.6) is 5.88 Å². The second kappa shape index (κ2) is 6.92. The van der Waals surface area contributed by atoms with Crippen molar-refractivity contribution in [3.8, 4) is 5.88 Å². The molecule has 2 rings (SSSR count). The van der Waals surface area contributed by atoms with E-state index >= 15 is 0 Å². The molecule has 116 valence electrons. The summed E-state index contributed by atoms with van der Waals surface area (Å²) in [5.41, 5.74) is 1.04. The third-order valence-corrected chi connectivity index (χ3v) is 3.57. The van der Waals surface area contributed by atoms with Gasteiger partial charge in [0.1, 0.15) is 6.10 Å². The van der Waals surface area contributed by atoms with E-state index in [0.29, 0.717) is 24.9 Å². The molecule has 4 nitrogen and oxygen atoms in total. The Balaban J connectivity index is 1.84. The highest BCUT2D eigenvalue weighted by Gasteiger charge is 2.17. The molecular weight excluding hydrogens is 264 g/mol. The molecular formula is C17H26N2O2. The Kier molecular flexibility index (Phi) is 5.21. The number of carbonyl (C=O) groups excluding carboxylic acids is 1. The fourth-order valence-electron chi connectivity index (χ4n) is 2.55. The van der Waals surface area contributed by atoms with Crippen LogP contribution in [0.25, 0.3) is 0 Å². The summed E-state index contributed by atoms with van der Waals surface area (Å²) < 4.78 is 5.88. The Morgan fingerprint density at radius 2 is 2.10 bits per heavy atom. The molecule has 1 saturated carbocycles. The van der Waals surface area contributed by atoms with Crippen LogP contribution >= 0.6 is 0 Å². The molecule has 0 radical (unpaired) electrons. The number of nitrogens with zero attached hydrogens (tertiary/aromatic N) is 1. The highest BCUT2D eigenvalue weighted by atomic mass is 16.5. The Morgan fingerprint density at radius 3 is 2.76 bits per heavy atom. The lowest BCUT2D eigenvalue weighted by molar-refractivity contribution is -0.122. The van der Waals surface area contributed by atoms with Crippen LogP contribution in [0, 0.1) is 5.41 Å². The van der Waals surface area contributed by atoms with Crippen LogP contribution in [0.2, 0.25) is 0 Å².